The van der Waals surface area contributed by atoms with E-state index in [4.69, 9.17) is 0 Å². The van der Waals surface area contributed by atoms with E-state index < -0.39 is 17.5 Å². The van der Waals surface area contributed by atoms with E-state index in [-0.39, 0.29) is 29.7 Å². The second kappa shape index (κ2) is 9.53. The van der Waals surface area contributed by atoms with E-state index in [0.29, 0.717) is 0 Å². The number of carbonyl (C=O) groups is 3. The predicted molar refractivity (Wildman–Crippen MR) is 105 cm³/mol. The number of piperidine rings is 1. The van der Waals surface area contributed by atoms with Crippen molar-refractivity contribution in [2.24, 2.45) is 11.3 Å². The maximum atomic E-state index is 13.1. The Hall–Kier alpha value is -1.63. The number of amides is 3. The average molecular weight is 381 g/mol. The molecule has 0 aromatic rings. The van der Waals surface area contributed by atoms with Crippen molar-refractivity contribution in [3.63, 3.8) is 0 Å². The second-order valence-electron chi connectivity index (χ2n) is 8.96. The summed E-state index contributed by atoms with van der Waals surface area (Å²) in [4.78, 5) is 38.1. The molecule has 27 heavy (non-hydrogen) atoms. The van der Waals surface area contributed by atoms with Gasteiger partial charge in [0.1, 0.15) is 12.1 Å². The van der Waals surface area contributed by atoms with E-state index in [1.807, 2.05) is 20.8 Å². The highest BCUT2D eigenvalue weighted by molar-refractivity contribution is 5.93. The van der Waals surface area contributed by atoms with Crippen molar-refractivity contribution in [1.29, 1.82) is 0 Å². The summed E-state index contributed by atoms with van der Waals surface area (Å²) in [5.74, 6) is -0.451. The minimum atomic E-state index is -0.649. The number of hydrogen-bond donors (Lipinski definition) is 4. The first-order valence-corrected chi connectivity index (χ1v) is 10.3. The highest BCUT2D eigenvalue weighted by Crippen LogP contribution is 2.29. The van der Waals surface area contributed by atoms with Gasteiger partial charge in [0, 0.05) is 7.05 Å². The molecule has 0 radical (unpaired) electrons. The van der Waals surface area contributed by atoms with Gasteiger partial charge in [-0.25, -0.2) is 0 Å². The average Bonchev–Trinajstić information content (AvgIpc) is 3.17. The Morgan fingerprint density at radius 1 is 0.926 bits per heavy atom. The van der Waals surface area contributed by atoms with Crippen LogP contribution >= 0.6 is 0 Å². The maximum absolute atomic E-state index is 13.1. The lowest BCUT2D eigenvalue weighted by Gasteiger charge is -2.33. The first-order valence-electron chi connectivity index (χ1n) is 10.3. The van der Waals surface area contributed by atoms with Crippen LogP contribution in [0.3, 0.4) is 0 Å². The van der Waals surface area contributed by atoms with Crippen LogP contribution in [0.4, 0.5) is 0 Å². The molecule has 4 N–H and O–H groups in total. The van der Waals surface area contributed by atoms with Crippen molar-refractivity contribution >= 4 is 17.7 Å². The van der Waals surface area contributed by atoms with Crippen LogP contribution in [0.2, 0.25) is 0 Å². The number of carbonyl (C=O) groups excluding carboxylic acids is 3. The number of hydrogen-bond acceptors (Lipinski definition) is 4. The van der Waals surface area contributed by atoms with Crippen LogP contribution in [0.1, 0.15) is 65.7 Å². The quantitative estimate of drug-likeness (QED) is 0.554. The van der Waals surface area contributed by atoms with Crippen molar-refractivity contribution < 1.29 is 14.4 Å². The maximum Gasteiger partial charge on any atom is 0.243 e. The Morgan fingerprint density at radius 3 is 2.07 bits per heavy atom. The first-order chi connectivity index (χ1) is 12.7. The van der Waals surface area contributed by atoms with Crippen LogP contribution in [-0.4, -0.2) is 49.4 Å². The summed E-state index contributed by atoms with van der Waals surface area (Å²) in [6.07, 6.45) is 6.90. The Balaban J connectivity index is 2.10. The summed E-state index contributed by atoms with van der Waals surface area (Å²) in [5.41, 5.74) is -0.426. The van der Waals surface area contributed by atoms with Crippen LogP contribution in [-0.2, 0) is 14.4 Å². The Morgan fingerprint density at radius 2 is 1.56 bits per heavy atom. The van der Waals surface area contributed by atoms with Gasteiger partial charge in [0.05, 0.1) is 6.04 Å². The molecule has 3 atom stereocenters. The van der Waals surface area contributed by atoms with E-state index in [1.165, 1.54) is 0 Å². The molecular formula is C20H36N4O3. The molecule has 1 saturated carbocycles. The lowest BCUT2D eigenvalue weighted by Crippen LogP contribution is -2.60. The van der Waals surface area contributed by atoms with Crippen molar-refractivity contribution in [2.75, 3.05) is 13.6 Å². The van der Waals surface area contributed by atoms with Gasteiger partial charge in [-0.2, -0.15) is 0 Å². The molecule has 3 amide bonds. The highest BCUT2D eigenvalue weighted by Gasteiger charge is 2.38. The van der Waals surface area contributed by atoms with Gasteiger partial charge >= 0.3 is 0 Å². The van der Waals surface area contributed by atoms with E-state index in [1.54, 1.807) is 7.05 Å². The topological polar surface area (TPSA) is 99.3 Å². The zero-order chi connectivity index (χ0) is 20.0. The van der Waals surface area contributed by atoms with E-state index >= 15 is 0 Å². The Bertz CT molecular complexity index is 532. The molecule has 0 aromatic heterocycles. The van der Waals surface area contributed by atoms with Crippen LogP contribution in [0.25, 0.3) is 0 Å². The van der Waals surface area contributed by atoms with Gasteiger partial charge < -0.3 is 21.3 Å². The largest absolute Gasteiger partial charge is 0.357 e. The van der Waals surface area contributed by atoms with Crippen molar-refractivity contribution in [3.05, 3.63) is 0 Å². The third-order valence-corrected chi connectivity index (χ3v) is 5.74. The molecular weight excluding hydrogens is 344 g/mol. The fourth-order valence-electron chi connectivity index (χ4n) is 4.07. The zero-order valence-electron chi connectivity index (χ0n) is 17.2. The molecule has 1 aliphatic heterocycles. The van der Waals surface area contributed by atoms with Crippen LogP contribution in [0, 0.1) is 11.3 Å². The number of nitrogens with one attached hydrogen (secondary N) is 4. The van der Waals surface area contributed by atoms with Gasteiger partial charge in [-0.05, 0) is 43.6 Å². The molecule has 7 heteroatoms. The van der Waals surface area contributed by atoms with Gasteiger partial charge in [-0.15, -0.1) is 0 Å². The fourth-order valence-corrected chi connectivity index (χ4v) is 4.07. The third kappa shape index (κ3) is 5.92. The molecule has 154 valence electrons. The lowest BCUT2D eigenvalue weighted by atomic mass is 9.85. The van der Waals surface area contributed by atoms with Crippen molar-refractivity contribution in [3.8, 4) is 0 Å². The molecule has 1 heterocycles. The molecule has 0 bridgehead atoms. The molecule has 7 nitrogen and oxygen atoms in total. The smallest absolute Gasteiger partial charge is 0.243 e. The minimum absolute atomic E-state index is 0.103. The van der Waals surface area contributed by atoms with Gasteiger partial charge in [0.2, 0.25) is 17.7 Å². The monoisotopic (exact) mass is 380 g/mol. The van der Waals surface area contributed by atoms with E-state index in [2.05, 4.69) is 21.3 Å². The second-order valence-corrected chi connectivity index (χ2v) is 8.96. The number of rotatable bonds is 6. The highest BCUT2D eigenvalue weighted by atomic mass is 16.2. The normalized spacial score (nSPS) is 23.3. The molecule has 2 rings (SSSR count). The van der Waals surface area contributed by atoms with Crippen LogP contribution in [0.5, 0.6) is 0 Å². The van der Waals surface area contributed by atoms with Gasteiger partial charge in [0.15, 0.2) is 0 Å². The Labute approximate surface area is 162 Å². The van der Waals surface area contributed by atoms with Crippen molar-refractivity contribution in [1.82, 2.24) is 21.3 Å². The van der Waals surface area contributed by atoms with Crippen LogP contribution < -0.4 is 21.3 Å². The molecule has 0 unspecified atom stereocenters. The summed E-state index contributed by atoms with van der Waals surface area (Å²) in [7, 11) is 1.57. The fraction of sp³-hybridized carbons (Fsp3) is 0.850. The van der Waals surface area contributed by atoms with Crippen molar-refractivity contribution in [2.45, 2.75) is 83.8 Å². The van der Waals surface area contributed by atoms with Gasteiger partial charge in [-0.3, -0.25) is 14.4 Å². The molecule has 0 aromatic carbocycles. The molecule has 1 aliphatic carbocycles. The summed E-state index contributed by atoms with van der Waals surface area (Å²) >= 11 is 0. The van der Waals surface area contributed by atoms with Gasteiger partial charge in [0.25, 0.3) is 0 Å². The standard InChI is InChI=1S/C20H36N4O3/c1-20(2,3)16(19(27)21-4)24-18(26)15(13-9-5-6-10-13)23-17(25)14-11-7-8-12-22-14/h13-16,22H,5-12H2,1-4H3,(H,21,27)(H,23,25)(H,24,26)/t14-,15+,16-/m0/s1. The molecule has 1 saturated heterocycles. The lowest BCUT2D eigenvalue weighted by molar-refractivity contribution is -0.135. The first kappa shape index (κ1) is 21.7. The predicted octanol–water partition coefficient (Wildman–Crippen LogP) is 1.08. The Kier molecular flexibility index (Phi) is 7.65. The van der Waals surface area contributed by atoms with Crippen LogP contribution in [0.15, 0.2) is 0 Å². The molecule has 0 spiro atoms. The van der Waals surface area contributed by atoms with E-state index in [9.17, 15) is 14.4 Å². The summed E-state index contributed by atoms with van der Waals surface area (Å²) in [6, 6.07) is -1.46. The van der Waals surface area contributed by atoms with Gasteiger partial charge in [-0.1, -0.05) is 40.0 Å². The summed E-state index contributed by atoms with van der Waals surface area (Å²) < 4.78 is 0. The zero-order valence-corrected chi connectivity index (χ0v) is 17.2. The third-order valence-electron chi connectivity index (χ3n) is 5.74. The minimum Gasteiger partial charge on any atom is -0.357 e. The van der Waals surface area contributed by atoms with E-state index in [0.717, 1.165) is 51.5 Å². The SMILES string of the molecule is CNC(=O)[C@H](NC(=O)[C@H](NC(=O)[C@@H]1CCCCN1)C1CCCC1)C(C)(C)C. The molecule has 2 fully saturated rings. The molecule has 2 aliphatic rings. The summed E-state index contributed by atoms with van der Waals surface area (Å²) in [6.45, 7) is 6.59. The summed E-state index contributed by atoms with van der Waals surface area (Å²) in [5, 5.41) is 11.8. The number of likely N-dealkylation sites (N-methyl/N-ethyl adjacent to an activating group) is 1.